The summed E-state index contributed by atoms with van der Waals surface area (Å²) in [7, 11) is 0. The Morgan fingerprint density at radius 3 is 2.44 bits per heavy atom. The van der Waals surface area contributed by atoms with Crippen molar-refractivity contribution in [3.63, 3.8) is 0 Å². The summed E-state index contributed by atoms with van der Waals surface area (Å²) in [6.45, 7) is 8.56. The van der Waals surface area contributed by atoms with Gasteiger partial charge in [0.25, 0.3) is 0 Å². The maximum absolute atomic E-state index is 5.58. The Bertz CT molecular complexity index is 454. The summed E-state index contributed by atoms with van der Waals surface area (Å²) < 4.78 is 0. The average molecular weight is 243 g/mol. The van der Waals surface area contributed by atoms with Crippen molar-refractivity contribution in [1.29, 1.82) is 0 Å². The number of nitrogens with zero attached hydrogens (tertiary/aromatic N) is 1. The van der Waals surface area contributed by atoms with E-state index in [1.807, 2.05) is 23.3 Å². The Morgan fingerprint density at radius 2 is 1.89 bits per heavy atom. The van der Waals surface area contributed by atoms with Crippen LogP contribution < -0.4 is 0 Å². The van der Waals surface area contributed by atoms with Crippen LogP contribution in [0.4, 0.5) is 0 Å². The first-order valence-corrected chi connectivity index (χ1v) is 6.34. The number of hydroxylamine groups is 2. The first kappa shape index (κ1) is 13.1. The molecule has 1 aromatic carbocycles. The van der Waals surface area contributed by atoms with Crippen molar-refractivity contribution >= 4 is 6.08 Å². The van der Waals surface area contributed by atoms with Crippen molar-refractivity contribution in [2.75, 3.05) is 0 Å². The van der Waals surface area contributed by atoms with Gasteiger partial charge in [-0.3, -0.25) is 4.84 Å². The number of allylic oxidation sites excluding steroid dienone is 2. The van der Waals surface area contributed by atoms with Crippen LogP contribution in [-0.2, 0) is 4.84 Å². The van der Waals surface area contributed by atoms with Gasteiger partial charge in [-0.05, 0) is 38.8 Å². The molecule has 2 rings (SSSR count). The van der Waals surface area contributed by atoms with E-state index in [0.29, 0.717) is 0 Å². The molecule has 2 heteroatoms. The molecule has 1 aliphatic heterocycles. The summed E-state index contributed by atoms with van der Waals surface area (Å²) in [5, 5.41) is 2.02. The fraction of sp³-hybridized carbons (Fsp3) is 0.375. The normalized spacial score (nSPS) is 24.6. The van der Waals surface area contributed by atoms with Gasteiger partial charge >= 0.3 is 0 Å². The molecule has 0 bridgehead atoms. The first-order valence-electron chi connectivity index (χ1n) is 6.34. The predicted molar refractivity (Wildman–Crippen MR) is 75.7 cm³/mol. The minimum absolute atomic E-state index is 0.0723. The topological polar surface area (TPSA) is 15.5 Å². The Morgan fingerprint density at radius 1 is 1.22 bits per heavy atom. The fourth-order valence-electron chi connectivity index (χ4n) is 1.82. The maximum atomic E-state index is 5.58. The molecule has 2 unspecified atom stereocenters. The standard InChI is InChI=1S/C16H21NO/c1-13(15-17(18-15)16(2,3)4)9-8-12-14-10-6-5-7-11-14/h5-12,15H,1-4H3/b12-8+,13-9+. The van der Waals surface area contributed by atoms with Gasteiger partial charge in [0.1, 0.15) is 0 Å². The van der Waals surface area contributed by atoms with Crippen molar-refractivity contribution in [1.82, 2.24) is 5.06 Å². The molecule has 1 fully saturated rings. The van der Waals surface area contributed by atoms with Gasteiger partial charge in [-0.15, -0.1) is 5.06 Å². The minimum Gasteiger partial charge on any atom is -0.270 e. The van der Waals surface area contributed by atoms with Crippen LogP contribution in [0, 0.1) is 0 Å². The second-order valence-electron chi connectivity index (χ2n) is 5.63. The molecule has 0 radical (unpaired) electrons. The summed E-state index contributed by atoms with van der Waals surface area (Å²) in [4.78, 5) is 5.58. The molecule has 0 amide bonds. The quantitative estimate of drug-likeness (QED) is 0.588. The molecule has 18 heavy (non-hydrogen) atoms. The largest absolute Gasteiger partial charge is 0.270 e. The summed E-state index contributed by atoms with van der Waals surface area (Å²) >= 11 is 0. The lowest BCUT2D eigenvalue weighted by Crippen LogP contribution is -2.27. The highest BCUT2D eigenvalue weighted by atomic mass is 16.8. The molecule has 1 heterocycles. The van der Waals surface area contributed by atoms with Crippen LogP contribution in [0.25, 0.3) is 6.08 Å². The second kappa shape index (κ2) is 5.09. The van der Waals surface area contributed by atoms with Gasteiger partial charge in [-0.1, -0.05) is 48.6 Å². The molecule has 1 saturated heterocycles. The number of benzene rings is 1. The first-order chi connectivity index (χ1) is 8.48. The lowest BCUT2D eigenvalue weighted by atomic mass is 10.1. The highest BCUT2D eigenvalue weighted by Gasteiger charge is 2.45. The van der Waals surface area contributed by atoms with E-state index in [2.05, 4.69) is 58.1 Å². The Labute approximate surface area is 110 Å². The number of hydrogen-bond donors (Lipinski definition) is 0. The fourth-order valence-corrected chi connectivity index (χ4v) is 1.82. The van der Waals surface area contributed by atoms with Gasteiger partial charge in [0.15, 0.2) is 6.23 Å². The van der Waals surface area contributed by atoms with Crippen molar-refractivity contribution in [3.05, 3.63) is 53.6 Å². The Kier molecular flexibility index (Phi) is 3.69. The maximum Gasteiger partial charge on any atom is 0.176 e. The van der Waals surface area contributed by atoms with Crippen molar-refractivity contribution < 1.29 is 4.84 Å². The molecule has 0 aromatic heterocycles. The van der Waals surface area contributed by atoms with Gasteiger partial charge in [0.05, 0.1) is 0 Å². The van der Waals surface area contributed by atoms with E-state index in [1.54, 1.807) is 0 Å². The van der Waals surface area contributed by atoms with E-state index in [1.165, 1.54) is 11.1 Å². The van der Waals surface area contributed by atoms with Crippen LogP contribution in [0.2, 0.25) is 0 Å². The smallest absolute Gasteiger partial charge is 0.176 e. The van der Waals surface area contributed by atoms with Gasteiger partial charge in [-0.2, -0.15) is 0 Å². The van der Waals surface area contributed by atoms with E-state index in [9.17, 15) is 0 Å². The zero-order valence-electron chi connectivity index (χ0n) is 11.6. The van der Waals surface area contributed by atoms with E-state index in [4.69, 9.17) is 4.84 Å². The summed E-state index contributed by atoms with van der Waals surface area (Å²) in [6.07, 6.45) is 6.44. The van der Waals surface area contributed by atoms with E-state index < -0.39 is 0 Å². The Hall–Kier alpha value is -1.38. The monoisotopic (exact) mass is 243 g/mol. The highest BCUT2D eigenvalue weighted by molar-refractivity contribution is 5.51. The lowest BCUT2D eigenvalue weighted by Gasteiger charge is -2.16. The number of rotatable bonds is 3. The van der Waals surface area contributed by atoms with Crippen molar-refractivity contribution in [2.45, 2.75) is 39.5 Å². The summed E-state index contributed by atoms with van der Waals surface area (Å²) in [5.74, 6) is 0. The van der Waals surface area contributed by atoms with Crippen molar-refractivity contribution in [3.8, 4) is 0 Å². The van der Waals surface area contributed by atoms with Gasteiger partial charge in [-0.25, -0.2) is 0 Å². The van der Waals surface area contributed by atoms with Gasteiger partial charge in [0.2, 0.25) is 0 Å². The van der Waals surface area contributed by atoms with Crippen LogP contribution in [0.3, 0.4) is 0 Å². The van der Waals surface area contributed by atoms with Crippen LogP contribution in [0.15, 0.2) is 48.1 Å². The molecule has 1 aromatic rings. The summed E-state index contributed by atoms with van der Waals surface area (Å²) in [6, 6.07) is 10.3. The van der Waals surface area contributed by atoms with Crippen molar-refractivity contribution in [2.24, 2.45) is 0 Å². The molecule has 0 saturated carbocycles. The summed E-state index contributed by atoms with van der Waals surface area (Å²) in [5.41, 5.74) is 2.52. The zero-order valence-corrected chi connectivity index (χ0v) is 11.6. The van der Waals surface area contributed by atoms with Crippen LogP contribution >= 0.6 is 0 Å². The average Bonchev–Trinajstić information content (AvgIpc) is 3.09. The second-order valence-corrected chi connectivity index (χ2v) is 5.63. The van der Waals surface area contributed by atoms with Gasteiger partial charge in [0, 0.05) is 5.54 Å². The lowest BCUT2D eigenvalue weighted by molar-refractivity contribution is 0.101. The third-order valence-electron chi connectivity index (χ3n) is 2.88. The third kappa shape index (κ3) is 3.31. The van der Waals surface area contributed by atoms with Gasteiger partial charge < -0.3 is 0 Å². The van der Waals surface area contributed by atoms with Crippen LogP contribution in [-0.4, -0.2) is 16.8 Å². The minimum atomic E-state index is 0.0723. The molecule has 2 atom stereocenters. The number of hydrogen-bond acceptors (Lipinski definition) is 2. The predicted octanol–water partition coefficient (Wildman–Crippen LogP) is 4.02. The SMILES string of the molecule is C/C(=C\C=C\c1ccccc1)C1ON1C(C)(C)C. The Balaban J connectivity index is 1.93. The van der Waals surface area contributed by atoms with Crippen LogP contribution in [0.5, 0.6) is 0 Å². The molecular formula is C16H21NO. The zero-order chi connectivity index (χ0) is 13.2. The van der Waals surface area contributed by atoms with E-state index in [-0.39, 0.29) is 11.8 Å². The molecule has 0 N–H and O–H groups in total. The molecule has 2 nitrogen and oxygen atoms in total. The molecule has 1 aliphatic rings. The highest BCUT2D eigenvalue weighted by Crippen LogP contribution is 2.35. The van der Waals surface area contributed by atoms with E-state index in [0.717, 1.165) is 0 Å². The molecule has 0 spiro atoms. The molecular weight excluding hydrogens is 222 g/mol. The third-order valence-corrected chi connectivity index (χ3v) is 2.88. The van der Waals surface area contributed by atoms with Crippen LogP contribution in [0.1, 0.15) is 33.3 Å². The molecule has 0 aliphatic carbocycles. The molecule has 96 valence electrons. The van der Waals surface area contributed by atoms with E-state index >= 15 is 0 Å².